The van der Waals surface area contributed by atoms with Crippen molar-refractivity contribution >= 4 is 38.4 Å². The van der Waals surface area contributed by atoms with Crippen LogP contribution in [0.1, 0.15) is 24.4 Å². The quantitative estimate of drug-likeness (QED) is 0.533. The molecular weight excluding hydrogens is 394 g/mol. The normalized spacial score (nSPS) is 12.8. The molecule has 0 bridgehead atoms. The smallest absolute Gasteiger partial charge is 0.276 e. The molecule has 0 amide bonds. The Morgan fingerprint density at radius 1 is 1.38 bits per heavy atom. The zero-order chi connectivity index (χ0) is 16.8. The van der Waals surface area contributed by atoms with E-state index in [1.807, 2.05) is 38.2 Å². The van der Waals surface area contributed by atoms with E-state index in [9.17, 15) is 0 Å². The zero-order valence-corrected chi connectivity index (χ0v) is 15.3. The number of hydrogen-bond donors (Lipinski definition) is 1. The summed E-state index contributed by atoms with van der Waals surface area (Å²) >= 11 is 9.87. The van der Waals surface area contributed by atoms with Gasteiger partial charge in [0, 0.05) is 17.1 Å². The average molecular weight is 407 g/mol. The summed E-state index contributed by atoms with van der Waals surface area (Å²) in [5.74, 6) is 0.897. The zero-order valence-electron chi connectivity index (χ0n) is 12.9. The van der Waals surface area contributed by atoms with Crippen LogP contribution in [0.5, 0.6) is 0 Å². The van der Waals surface area contributed by atoms with Crippen molar-refractivity contribution in [2.24, 2.45) is 0 Å². The Morgan fingerprint density at radius 3 is 2.96 bits per heavy atom. The van der Waals surface area contributed by atoms with Crippen LogP contribution < -0.4 is 0 Å². The Labute approximate surface area is 150 Å². The lowest BCUT2D eigenvalue weighted by molar-refractivity contribution is 0.407. The second-order valence-electron chi connectivity index (χ2n) is 5.64. The fraction of sp³-hybridized carbons (Fsp3) is 0.188. The van der Waals surface area contributed by atoms with Crippen molar-refractivity contribution in [3.05, 3.63) is 51.5 Å². The fourth-order valence-electron chi connectivity index (χ4n) is 2.57. The highest BCUT2D eigenvalue weighted by Gasteiger charge is 2.21. The summed E-state index contributed by atoms with van der Waals surface area (Å²) in [7, 11) is 0. The van der Waals surface area contributed by atoms with Gasteiger partial charge in [0.2, 0.25) is 0 Å². The van der Waals surface area contributed by atoms with Gasteiger partial charge in [0.15, 0.2) is 5.82 Å². The van der Waals surface area contributed by atoms with Crippen molar-refractivity contribution in [1.82, 2.24) is 24.9 Å². The molecule has 0 saturated heterocycles. The first-order chi connectivity index (χ1) is 11.5. The van der Waals surface area contributed by atoms with Crippen LogP contribution in [0.15, 0.2) is 39.6 Å². The van der Waals surface area contributed by atoms with Crippen LogP contribution >= 0.6 is 27.5 Å². The lowest BCUT2D eigenvalue weighted by atomic mass is 10.2. The highest BCUT2D eigenvalue weighted by molar-refractivity contribution is 9.10. The third kappa shape index (κ3) is 2.53. The number of hydrogen-bond acceptors (Lipinski definition) is 4. The Hall–Kier alpha value is -2.12. The largest absolute Gasteiger partial charge is 0.349 e. The molecule has 0 aliphatic heterocycles. The van der Waals surface area contributed by atoms with Crippen LogP contribution in [-0.2, 0) is 0 Å². The maximum Gasteiger partial charge on any atom is 0.276 e. The first-order valence-corrected chi connectivity index (χ1v) is 8.51. The summed E-state index contributed by atoms with van der Waals surface area (Å²) < 4.78 is 8.07. The van der Waals surface area contributed by atoms with E-state index in [1.165, 1.54) is 0 Å². The molecule has 1 atom stereocenters. The van der Waals surface area contributed by atoms with Gasteiger partial charge in [-0.25, -0.2) is 0 Å². The summed E-state index contributed by atoms with van der Waals surface area (Å²) in [5, 5.41) is 9.84. The summed E-state index contributed by atoms with van der Waals surface area (Å²) in [6.07, 6.45) is 3.58. The van der Waals surface area contributed by atoms with Crippen LogP contribution in [0.25, 0.3) is 22.5 Å². The lowest BCUT2D eigenvalue weighted by Gasteiger charge is -2.05. The number of fused-ring (bicyclic) bond motifs is 1. The van der Waals surface area contributed by atoms with Crippen molar-refractivity contribution in [2.45, 2.75) is 19.9 Å². The summed E-state index contributed by atoms with van der Waals surface area (Å²) in [4.78, 5) is 7.72. The molecule has 0 fully saturated rings. The summed E-state index contributed by atoms with van der Waals surface area (Å²) in [5.41, 5.74) is 2.70. The maximum atomic E-state index is 6.49. The minimum atomic E-state index is -0.154. The van der Waals surface area contributed by atoms with E-state index in [-0.39, 0.29) is 6.04 Å². The van der Waals surface area contributed by atoms with Crippen molar-refractivity contribution in [1.29, 1.82) is 0 Å². The molecule has 1 unspecified atom stereocenters. The molecule has 3 aromatic heterocycles. The molecule has 0 aliphatic rings. The van der Waals surface area contributed by atoms with E-state index in [0.717, 1.165) is 20.9 Å². The molecule has 122 valence electrons. The Morgan fingerprint density at radius 2 is 2.21 bits per heavy atom. The molecule has 4 rings (SSSR count). The molecule has 0 spiro atoms. The van der Waals surface area contributed by atoms with E-state index < -0.39 is 0 Å². The van der Waals surface area contributed by atoms with E-state index in [1.54, 1.807) is 10.9 Å². The van der Waals surface area contributed by atoms with E-state index in [4.69, 9.17) is 16.1 Å². The van der Waals surface area contributed by atoms with Crippen molar-refractivity contribution < 1.29 is 4.52 Å². The van der Waals surface area contributed by atoms with Gasteiger partial charge < -0.3 is 9.51 Å². The third-order valence-electron chi connectivity index (χ3n) is 3.89. The molecule has 1 aromatic carbocycles. The van der Waals surface area contributed by atoms with Crippen LogP contribution in [-0.4, -0.2) is 24.9 Å². The molecule has 1 N–H and O–H groups in total. The average Bonchev–Trinajstić information content (AvgIpc) is 3.27. The van der Waals surface area contributed by atoms with Gasteiger partial charge in [-0.15, -0.1) is 0 Å². The number of aryl methyl sites for hydroxylation is 1. The summed E-state index contributed by atoms with van der Waals surface area (Å²) in [6, 6.07) is 5.88. The number of halogens is 2. The van der Waals surface area contributed by atoms with Gasteiger partial charge in [-0.05, 0) is 41.9 Å². The third-order valence-corrected chi connectivity index (χ3v) is 4.69. The number of aromatic nitrogens is 5. The predicted octanol–water partition coefficient (Wildman–Crippen LogP) is 4.75. The van der Waals surface area contributed by atoms with Crippen molar-refractivity contribution in [3.8, 4) is 11.6 Å². The molecule has 0 aliphatic carbocycles. The van der Waals surface area contributed by atoms with E-state index in [0.29, 0.717) is 22.4 Å². The van der Waals surface area contributed by atoms with Crippen molar-refractivity contribution in [3.63, 3.8) is 0 Å². The minimum absolute atomic E-state index is 0.154. The van der Waals surface area contributed by atoms with Crippen LogP contribution in [0.3, 0.4) is 0 Å². The summed E-state index contributed by atoms with van der Waals surface area (Å²) in [6.45, 7) is 3.97. The highest BCUT2D eigenvalue weighted by atomic mass is 79.9. The second-order valence-corrected chi connectivity index (χ2v) is 6.93. The first-order valence-electron chi connectivity index (χ1n) is 7.34. The topological polar surface area (TPSA) is 72.5 Å². The van der Waals surface area contributed by atoms with Gasteiger partial charge in [0.25, 0.3) is 5.89 Å². The monoisotopic (exact) mass is 405 g/mol. The van der Waals surface area contributed by atoms with Gasteiger partial charge in [-0.2, -0.15) is 10.1 Å². The second kappa shape index (κ2) is 5.75. The van der Waals surface area contributed by atoms with Crippen LogP contribution in [0.2, 0.25) is 5.02 Å². The van der Waals surface area contributed by atoms with Gasteiger partial charge in [0.1, 0.15) is 11.7 Å². The number of H-pyrrole nitrogens is 1. The number of aromatic amines is 1. The minimum Gasteiger partial charge on any atom is -0.349 e. The molecule has 24 heavy (non-hydrogen) atoms. The molecular formula is C16H13BrClN5O. The number of nitrogens with zero attached hydrogens (tertiary/aromatic N) is 4. The lowest BCUT2D eigenvalue weighted by Crippen LogP contribution is -2.08. The van der Waals surface area contributed by atoms with Crippen LogP contribution in [0, 0.1) is 6.92 Å². The molecule has 0 saturated carbocycles. The van der Waals surface area contributed by atoms with Gasteiger partial charge in [-0.3, -0.25) is 4.68 Å². The van der Waals surface area contributed by atoms with Crippen LogP contribution in [0.4, 0.5) is 0 Å². The van der Waals surface area contributed by atoms with E-state index in [2.05, 4.69) is 36.2 Å². The Bertz CT molecular complexity index is 1030. The van der Waals surface area contributed by atoms with Gasteiger partial charge in [-0.1, -0.05) is 28.4 Å². The highest BCUT2D eigenvalue weighted by Crippen LogP contribution is 2.34. The van der Waals surface area contributed by atoms with Gasteiger partial charge in [0.05, 0.1) is 15.7 Å². The molecule has 3 heterocycles. The standard InChI is InChI=1S/C16H13BrClN5O/c1-8-3-4-12-11(5-8)13(18)14(20-12)16-21-15(22-24-16)9(2)23-7-10(17)6-19-23/h3-7,9,20H,1-2H3. The fourth-order valence-corrected chi connectivity index (χ4v) is 3.16. The number of nitrogens with one attached hydrogen (secondary N) is 1. The number of benzene rings is 1. The SMILES string of the molecule is Cc1ccc2[nH]c(-c3nc(C(C)n4cc(Br)cn4)no3)c(Cl)c2c1. The predicted molar refractivity (Wildman–Crippen MR) is 95.1 cm³/mol. The maximum absolute atomic E-state index is 6.49. The molecule has 8 heteroatoms. The first kappa shape index (κ1) is 15.4. The molecule has 6 nitrogen and oxygen atoms in total. The van der Waals surface area contributed by atoms with Gasteiger partial charge >= 0.3 is 0 Å². The van der Waals surface area contributed by atoms with Crippen molar-refractivity contribution in [2.75, 3.05) is 0 Å². The Kier molecular flexibility index (Phi) is 3.69. The molecule has 0 radical (unpaired) electrons. The number of rotatable bonds is 3. The Balaban J connectivity index is 1.74. The van der Waals surface area contributed by atoms with E-state index >= 15 is 0 Å². The molecule has 4 aromatic rings.